The van der Waals surface area contributed by atoms with Crippen LogP contribution in [-0.4, -0.2) is 19.9 Å². The number of hydrogen-bond donors (Lipinski definition) is 1. The lowest BCUT2D eigenvalue weighted by Gasteiger charge is -2.04. The molecule has 2 aromatic heterocycles. The van der Waals surface area contributed by atoms with Crippen molar-refractivity contribution in [2.24, 2.45) is 0 Å². The summed E-state index contributed by atoms with van der Waals surface area (Å²) in [5.41, 5.74) is 7.15. The summed E-state index contributed by atoms with van der Waals surface area (Å²) in [6, 6.07) is 3.76. The highest BCUT2D eigenvalue weighted by Crippen LogP contribution is 2.32. The van der Waals surface area contributed by atoms with Gasteiger partial charge in [-0.2, -0.15) is 4.98 Å². The van der Waals surface area contributed by atoms with Crippen molar-refractivity contribution in [3.05, 3.63) is 39.7 Å². The van der Waals surface area contributed by atoms with Gasteiger partial charge in [-0.3, -0.25) is 10.1 Å². The van der Waals surface area contributed by atoms with Crippen molar-refractivity contribution in [1.82, 2.24) is 15.0 Å². The summed E-state index contributed by atoms with van der Waals surface area (Å²) in [6.45, 7) is 3.79. The lowest BCUT2D eigenvalue weighted by molar-refractivity contribution is -0.388. The van der Waals surface area contributed by atoms with Crippen LogP contribution in [0.1, 0.15) is 11.3 Å². The molecule has 0 aliphatic carbocycles. The average Bonchev–Trinajstić information content (AvgIpc) is 2.26. The van der Waals surface area contributed by atoms with E-state index in [2.05, 4.69) is 15.0 Å². The predicted octanol–water partition coefficient (Wildman–Crippen LogP) is 2.13. The molecule has 0 spiro atoms. The topological polar surface area (TPSA) is 108 Å². The molecule has 0 fully saturated rings. The zero-order chi connectivity index (χ0) is 14.0. The fraction of sp³-hybridized carbons (Fsp3) is 0.182. The van der Waals surface area contributed by atoms with Gasteiger partial charge >= 0.3 is 5.69 Å². The zero-order valence-electron chi connectivity index (χ0n) is 10.3. The van der Waals surface area contributed by atoms with Crippen molar-refractivity contribution in [3.63, 3.8) is 0 Å². The molecule has 0 aliphatic rings. The van der Waals surface area contributed by atoms with Crippen LogP contribution in [0.15, 0.2) is 28.4 Å². The maximum Gasteiger partial charge on any atom is 0.320 e. The van der Waals surface area contributed by atoms with Crippen molar-refractivity contribution < 1.29 is 4.92 Å². The molecule has 8 heteroatoms. The first-order valence-electron chi connectivity index (χ1n) is 5.36. The Morgan fingerprint density at radius 1 is 1.32 bits per heavy atom. The van der Waals surface area contributed by atoms with E-state index in [4.69, 9.17) is 5.73 Å². The van der Waals surface area contributed by atoms with E-state index in [1.165, 1.54) is 0 Å². The molecule has 98 valence electrons. The molecule has 19 heavy (non-hydrogen) atoms. The maximum absolute atomic E-state index is 10.9. The Balaban J connectivity index is 2.42. The first kappa shape index (κ1) is 13.2. The minimum Gasteiger partial charge on any atom is -0.368 e. The Kier molecular flexibility index (Phi) is 3.61. The van der Waals surface area contributed by atoms with E-state index >= 15 is 0 Å². The highest BCUT2D eigenvalue weighted by Gasteiger charge is 2.18. The minimum atomic E-state index is -0.537. The fourth-order valence-corrected chi connectivity index (χ4v) is 2.53. The highest BCUT2D eigenvalue weighted by molar-refractivity contribution is 7.99. The van der Waals surface area contributed by atoms with Crippen molar-refractivity contribution in [2.75, 3.05) is 5.73 Å². The van der Waals surface area contributed by atoms with Crippen LogP contribution in [0.5, 0.6) is 0 Å². The SMILES string of the molecule is Cc1cc(C)nc(Sc2nc(N)ncc2[N+](=O)[O-])c1. The third kappa shape index (κ3) is 3.16. The van der Waals surface area contributed by atoms with Crippen LogP contribution in [0.2, 0.25) is 0 Å². The monoisotopic (exact) mass is 277 g/mol. The number of aromatic nitrogens is 3. The number of aryl methyl sites for hydroxylation is 2. The molecule has 2 aromatic rings. The molecule has 0 atom stereocenters. The molecule has 2 N–H and O–H groups in total. The van der Waals surface area contributed by atoms with Crippen LogP contribution in [0.25, 0.3) is 0 Å². The normalized spacial score (nSPS) is 10.4. The number of nitro groups is 1. The summed E-state index contributed by atoms with van der Waals surface area (Å²) < 4.78 is 0. The molecule has 0 amide bonds. The van der Waals surface area contributed by atoms with Gasteiger partial charge in [-0.05, 0) is 43.3 Å². The predicted molar refractivity (Wildman–Crippen MR) is 70.9 cm³/mol. The Hall–Kier alpha value is -2.22. The molecular formula is C11H11N5O2S. The van der Waals surface area contributed by atoms with Crippen molar-refractivity contribution in [2.45, 2.75) is 23.9 Å². The molecule has 0 bridgehead atoms. The van der Waals surface area contributed by atoms with Gasteiger partial charge in [0.1, 0.15) is 11.2 Å². The summed E-state index contributed by atoms with van der Waals surface area (Å²) in [5.74, 6) is -0.00234. The Morgan fingerprint density at radius 3 is 2.68 bits per heavy atom. The van der Waals surface area contributed by atoms with E-state index in [0.29, 0.717) is 5.03 Å². The van der Waals surface area contributed by atoms with Gasteiger partial charge in [0.2, 0.25) is 5.95 Å². The standard InChI is InChI=1S/C11H11N5O2S/c1-6-3-7(2)14-9(4-6)19-10-8(16(17)18)5-13-11(12)15-10/h3-5H,1-2H3,(H2,12,13,15). The molecule has 2 rings (SSSR count). The summed E-state index contributed by atoms with van der Waals surface area (Å²) in [7, 11) is 0. The van der Waals surface area contributed by atoms with Crippen molar-refractivity contribution in [1.29, 1.82) is 0 Å². The third-order valence-electron chi connectivity index (χ3n) is 2.23. The number of hydrogen-bond acceptors (Lipinski definition) is 7. The Labute approximate surface area is 113 Å². The largest absolute Gasteiger partial charge is 0.368 e. The van der Waals surface area contributed by atoms with E-state index < -0.39 is 4.92 Å². The van der Waals surface area contributed by atoms with Gasteiger partial charge < -0.3 is 5.73 Å². The van der Waals surface area contributed by atoms with Crippen molar-refractivity contribution in [3.8, 4) is 0 Å². The highest BCUT2D eigenvalue weighted by atomic mass is 32.2. The second-order valence-corrected chi connectivity index (χ2v) is 4.91. The van der Waals surface area contributed by atoms with Gasteiger partial charge in [-0.15, -0.1) is 0 Å². The van der Waals surface area contributed by atoms with Crippen LogP contribution in [0.3, 0.4) is 0 Å². The van der Waals surface area contributed by atoms with Gasteiger partial charge in [0, 0.05) is 5.69 Å². The lowest BCUT2D eigenvalue weighted by atomic mass is 10.3. The number of nitrogens with two attached hydrogens (primary N) is 1. The van der Waals surface area contributed by atoms with Crippen LogP contribution >= 0.6 is 11.8 Å². The average molecular weight is 277 g/mol. The quantitative estimate of drug-likeness (QED) is 0.520. The van der Waals surface area contributed by atoms with E-state index in [1.807, 2.05) is 26.0 Å². The van der Waals surface area contributed by atoms with E-state index in [0.717, 1.165) is 29.2 Å². The lowest BCUT2D eigenvalue weighted by Crippen LogP contribution is -2.00. The molecule has 7 nitrogen and oxygen atoms in total. The maximum atomic E-state index is 10.9. The number of rotatable bonds is 3. The summed E-state index contributed by atoms with van der Waals surface area (Å²) in [4.78, 5) is 22.2. The molecule has 0 aliphatic heterocycles. The van der Waals surface area contributed by atoms with Crippen LogP contribution in [0, 0.1) is 24.0 Å². The Morgan fingerprint density at radius 2 is 2.05 bits per heavy atom. The van der Waals surface area contributed by atoms with Crippen molar-refractivity contribution >= 4 is 23.4 Å². The molecule has 0 radical (unpaired) electrons. The van der Waals surface area contributed by atoms with Gasteiger partial charge in [-0.25, -0.2) is 9.97 Å². The second kappa shape index (κ2) is 5.19. The summed E-state index contributed by atoms with van der Waals surface area (Å²) in [5, 5.41) is 11.7. The van der Waals surface area contributed by atoms with Crippen LogP contribution in [-0.2, 0) is 0 Å². The molecule has 2 heterocycles. The number of pyridine rings is 1. The van der Waals surface area contributed by atoms with Gasteiger partial charge in [0.05, 0.1) is 4.92 Å². The van der Waals surface area contributed by atoms with E-state index in [1.54, 1.807) is 0 Å². The number of nitrogen functional groups attached to an aromatic ring is 1. The number of anilines is 1. The Bertz CT molecular complexity index is 627. The molecule has 0 saturated carbocycles. The van der Waals surface area contributed by atoms with E-state index in [9.17, 15) is 10.1 Å². The smallest absolute Gasteiger partial charge is 0.320 e. The third-order valence-corrected chi connectivity index (χ3v) is 3.14. The van der Waals surface area contributed by atoms with Gasteiger partial charge in [0.15, 0.2) is 5.03 Å². The first-order chi connectivity index (χ1) is 8.95. The molecule has 0 unspecified atom stereocenters. The molecule has 0 saturated heterocycles. The number of nitrogens with zero attached hydrogens (tertiary/aromatic N) is 4. The minimum absolute atomic E-state index is 0.00234. The summed E-state index contributed by atoms with van der Waals surface area (Å²) >= 11 is 1.10. The zero-order valence-corrected chi connectivity index (χ0v) is 11.1. The van der Waals surface area contributed by atoms with Crippen LogP contribution in [0.4, 0.5) is 11.6 Å². The molecular weight excluding hydrogens is 266 g/mol. The summed E-state index contributed by atoms with van der Waals surface area (Å²) in [6.07, 6.45) is 1.10. The van der Waals surface area contributed by atoms with Gasteiger partial charge in [-0.1, -0.05) is 0 Å². The first-order valence-corrected chi connectivity index (χ1v) is 6.17. The van der Waals surface area contributed by atoms with E-state index in [-0.39, 0.29) is 16.7 Å². The second-order valence-electron chi connectivity index (χ2n) is 3.90. The fourth-order valence-electron chi connectivity index (χ4n) is 1.53. The molecule has 0 aromatic carbocycles. The van der Waals surface area contributed by atoms with Crippen LogP contribution < -0.4 is 5.73 Å². The van der Waals surface area contributed by atoms with Gasteiger partial charge in [0.25, 0.3) is 0 Å².